The third-order valence-corrected chi connectivity index (χ3v) is 3.76. The lowest BCUT2D eigenvalue weighted by Crippen LogP contribution is -2.30. The van der Waals surface area contributed by atoms with Crippen molar-refractivity contribution in [3.63, 3.8) is 0 Å². The van der Waals surface area contributed by atoms with Crippen LogP contribution in [0.5, 0.6) is 0 Å². The Morgan fingerprint density at radius 2 is 2.33 bits per heavy atom. The Labute approximate surface area is 106 Å². The van der Waals surface area contributed by atoms with Gasteiger partial charge in [0.05, 0.1) is 0 Å². The Kier molecular flexibility index (Phi) is 3.51. The number of hydrogen-bond donors (Lipinski definition) is 2. The molecule has 7 nitrogen and oxygen atoms in total. The van der Waals surface area contributed by atoms with Gasteiger partial charge in [-0.25, -0.2) is 0 Å². The summed E-state index contributed by atoms with van der Waals surface area (Å²) in [7, 11) is 1.78. The molecule has 1 fully saturated rings. The van der Waals surface area contributed by atoms with E-state index in [1.807, 2.05) is 0 Å². The van der Waals surface area contributed by atoms with Crippen LogP contribution in [0, 0.1) is 23.0 Å². The van der Waals surface area contributed by atoms with Crippen molar-refractivity contribution in [3.05, 3.63) is 15.9 Å². The van der Waals surface area contributed by atoms with Crippen LogP contribution >= 0.6 is 0 Å². The van der Waals surface area contributed by atoms with Gasteiger partial charge in [0.1, 0.15) is 0 Å². The van der Waals surface area contributed by atoms with E-state index in [2.05, 4.69) is 10.3 Å². The zero-order valence-corrected chi connectivity index (χ0v) is 10.7. The number of aryl methyl sites for hydroxylation is 1. The minimum Gasteiger partial charge on any atom is -0.361 e. The molecule has 1 aromatic rings. The topological polar surface area (TPSA) is 99.0 Å². The van der Waals surface area contributed by atoms with Crippen LogP contribution in [-0.4, -0.2) is 27.1 Å². The predicted octanol–water partition coefficient (Wildman–Crippen LogP) is 1.18. The molecule has 100 valence electrons. The summed E-state index contributed by atoms with van der Waals surface area (Å²) in [5, 5.41) is 14.2. The minimum absolute atomic E-state index is 0.0994. The van der Waals surface area contributed by atoms with E-state index < -0.39 is 4.92 Å². The van der Waals surface area contributed by atoms with Crippen molar-refractivity contribution < 1.29 is 4.92 Å². The maximum Gasteiger partial charge on any atom is 0.406 e. The summed E-state index contributed by atoms with van der Waals surface area (Å²) in [6.45, 7) is 2.37. The minimum atomic E-state index is -0.443. The Hall–Kier alpha value is -1.63. The number of nitrogens with zero attached hydrogens (tertiary/aromatic N) is 3. The molecule has 2 unspecified atom stereocenters. The summed E-state index contributed by atoms with van der Waals surface area (Å²) in [5.74, 6) is 1.41. The maximum atomic E-state index is 11.0. The fourth-order valence-corrected chi connectivity index (χ4v) is 2.57. The fraction of sp³-hybridized carbons (Fsp3) is 0.727. The largest absolute Gasteiger partial charge is 0.406 e. The van der Waals surface area contributed by atoms with E-state index in [0.29, 0.717) is 24.1 Å². The van der Waals surface area contributed by atoms with E-state index in [1.54, 1.807) is 18.5 Å². The van der Waals surface area contributed by atoms with Crippen molar-refractivity contribution in [1.82, 2.24) is 9.55 Å². The average molecular weight is 253 g/mol. The molecule has 0 radical (unpaired) electrons. The van der Waals surface area contributed by atoms with Crippen molar-refractivity contribution >= 4 is 11.6 Å². The first-order chi connectivity index (χ1) is 8.54. The van der Waals surface area contributed by atoms with Crippen LogP contribution in [0.2, 0.25) is 0 Å². The van der Waals surface area contributed by atoms with Gasteiger partial charge in [0.25, 0.3) is 0 Å². The van der Waals surface area contributed by atoms with Gasteiger partial charge in [0, 0.05) is 20.0 Å². The molecule has 0 saturated heterocycles. The van der Waals surface area contributed by atoms with Crippen LogP contribution < -0.4 is 11.1 Å². The maximum absolute atomic E-state index is 11.0. The lowest BCUT2D eigenvalue weighted by Gasteiger charge is -2.20. The molecule has 1 saturated carbocycles. The average Bonchev–Trinajstić information content (AvgIpc) is 2.88. The highest BCUT2D eigenvalue weighted by atomic mass is 16.6. The molecule has 0 bridgehead atoms. The van der Waals surface area contributed by atoms with E-state index in [4.69, 9.17) is 5.73 Å². The number of anilines is 1. The molecule has 0 amide bonds. The van der Waals surface area contributed by atoms with E-state index in [0.717, 1.165) is 19.3 Å². The van der Waals surface area contributed by atoms with Crippen LogP contribution in [0.3, 0.4) is 0 Å². The Bertz CT molecular complexity index is 457. The SMILES string of the molecule is Cc1nc([N+](=O)[O-])c(NC2CCCC2CN)n1C. The molecular formula is C11H19N5O2. The smallest absolute Gasteiger partial charge is 0.361 e. The molecule has 0 spiro atoms. The second kappa shape index (κ2) is 4.93. The van der Waals surface area contributed by atoms with Crippen molar-refractivity contribution in [2.45, 2.75) is 32.2 Å². The third kappa shape index (κ3) is 2.17. The molecule has 1 aromatic heterocycles. The zero-order valence-electron chi connectivity index (χ0n) is 10.7. The highest BCUT2D eigenvalue weighted by molar-refractivity contribution is 5.54. The lowest BCUT2D eigenvalue weighted by atomic mass is 10.0. The molecule has 0 aliphatic heterocycles. The molecule has 18 heavy (non-hydrogen) atoms. The number of rotatable bonds is 4. The van der Waals surface area contributed by atoms with Gasteiger partial charge >= 0.3 is 5.82 Å². The molecule has 0 aromatic carbocycles. The molecule has 1 aliphatic carbocycles. The number of nitrogens with one attached hydrogen (secondary N) is 1. The molecule has 1 heterocycles. The van der Waals surface area contributed by atoms with Gasteiger partial charge in [-0.15, -0.1) is 0 Å². The Morgan fingerprint density at radius 1 is 1.61 bits per heavy atom. The van der Waals surface area contributed by atoms with Gasteiger partial charge < -0.3 is 21.2 Å². The van der Waals surface area contributed by atoms with Crippen LogP contribution in [0.15, 0.2) is 0 Å². The number of nitrogens with two attached hydrogens (primary N) is 1. The summed E-state index contributed by atoms with van der Waals surface area (Å²) in [4.78, 5) is 14.5. The van der Waals surface area contributed by atoms with Crippen LogP contribution in [0.1, 0.15) is 25.1 Å². The first kappa shape index (κ1) is 12.8. The van der Waals surface area contributed by atoms with Crippen LogP contribution in [0.25, 0.3) is 0 Å². The number of hydrogen-bond acceptors (Lipinski definition) is 5. The van der Waals surface area contributed by atoms with E-state index in [-0.39, 0.29) is 11.9 Å². The molecule has 3 N–H and O–H groups in total. The molecule has 7 heteroatoms. The monoisotopic (exact) mass is 253 g/mol. The number of nitro groups is 1. The van der Waals surface area contributed by atoms with E-state index in [9.17, 15) is 10.1 Å². The van der Waals surface area contributed by atoms with Gasteiger partial charge in [-0.1, -0.05) is 6.42 Å². The quantitative estimate of drug-likeness (QED) is 0.620. The van der Waals surface area contributed by atoms with Gasteiger partial charge in [0.2, 0.25) is 11.6 Å². The standard InChI is InChI=1S/C11H19N5O2/c1-7-13-11(16(17)18)10(15(7)2)14-9-5-3-4-8(9)6-12/h8-9,14H,3-6,12H2,1-2H3. The highest BCUT2D eigenvalue weighted by Gasteiger charge is 2.31. The van der Waals surface area contributed by atoms with Crippen molar-refractivity contribution in [3.8, 4) is 0 Å². The first-order valence-corrected chi connectivity index (χ1v) is 6.19. The van der Waals surface area contributed by atoms with Gasteiger partial charge in [-0.3, -0.25) is 4.57 Å². The van der Waals surface area contributed by atoms with Crippen molar-refractivity contribution in [2.24, 2.45) is 18.7 Å². The predicted molar refractivity (Wildman–Crippen MR) is 68.4 cm³/mol. The zero-order chi connectivity index (χ0) is 13.3. The summed E-state index contributed by atoms with van der Waals surface area (Å²) in [6, 6.07) is 0.212. The lowest BCUT2D eigenvalue weighted by molar-refractivity contribution is -0.388. The normalized spacial score (nSPS) is 23.3. The third-order valence-electron chi connectivity index (χ3n) is 3.76. The molecule has 2 atom stereocenters. The van der Waals surface area contributed by atoms with E-state index >= 15 is 0 Å². The summed E-state index contributed by atoms with van der Waals surface area (Å²) in [6.07, 6.45) is 3.20. The van der Waals surface area contributed by atoms with Crippen molar-refractivity contribution in [1.29, 1.82) is 0 Å². The Morgan fingerprint density at radius 3 is 2.94 bits per heavy atom. The highest BCUT2D eigenvalue weighted by Crippen LogP contribution is 2.31. The van der Waals surface area contributed by atoms with Gasteiger partial charge in [-0.05, 0) is 35.2 Å². The van der Waals surface area contributed by atoms with Crippen LogP contribution in [0.4, 0.5) is 11.6 Å². The van der Waals surface area contributed by atoms with Gasteiger partial charge in [-0.2, -0.15) is 0 Å². The molecule has 1 aliphatic rings. The first-order valence-electron chi connectivity index (χ1n) is 6.19. The fourth-order valence-electron chi connectivity index (χ4n) is 2.57. The van der Waals surface area contributed by atoms with Gasteiger partial charge in [0.15, 0.2) is 0 Å². The number of aromatic nitrogens is 2. The van der Waals surface area contributed by atoms with E-state index in [1.165, 1.54) is 0 Å². The summed E-state index contributed by atoms with van der Waals surface area (Å²) < 4.78 is 1.73. The summed E-state index contributed by atoms with van der Waals surface area (Å²) in [5.41, 5.74) is 5.72. The molecular weight excluding hydrogens is 234 g/mol. The number of imidazole rings is 1. The molecule has 2 rings (SSSR count). The Balaban J connectivity index is 2.25. The van der Waals surface area contributed by atoms with Crippen LogP contribution in [-0.2, 0) is 7.05 Å². The second-order valence-corrected chi connectivity index (χ2v) is 4.82. The second-order valence-electron chi connectivity index (χ2n) is 4.82. The van der Waals surface area contributed by atoms with Crippen molar-refractivity contribution in [2.75, 3.05) is 11.9 Å². The summed E-state index contributed by atoms with van der Waals surface area (Å²) >= 11 is 0.